The third-order valence-corrected chi connectivity index (χ3v) is 2.21. The van der Waals surface area contributed by atoms with Gasteiger partial charge in [-0.3, -0.25) is 4.79 Å². The van der Waals surface area contributed by atoms with Crippen molar-refractivity contribution in [3.63, 3.8) is 0 Å². The average Bonchev–Trinajstić information content (AvgIpc) is 2.03. The van der Waals surface area contributed by atoms with Gasteiger partial charge in [0.1, 0.15) is 6.29 Å². The van der Waals surface area contributed by atoms with E-state index in [1.165, 1.54) is 11.1 Å². The van der Waals surface area contributed by atoms with Crippen LogP contribution in [0.5, 0.6) is 0 Å². The molecule has 0 N–H and O–H groups in total. The molecule has 0 aliphatic rings. The topological polar surface area (TPSA) is 17.1 Å². The van der Waals surface area contributed by atoms with Gasteiger partial charge in [0.25, 0.3) is 0 Å². The van der Waals surface area contributed by atoms with Crippen molar-refractivity contribution in [3.8, 4) is 0 Å². The molecule has 0 atom stereocenters. The number of hydrogen-bond donors (Lipinski definition) is 0. The van der Waals surface area contributed by atoms with Crippen LogP contribution in [-0.2, 0) is 5.41 Å². The van der Waals surface area contributed by atoms with E-state index in [1.807, 2.05) is 18.2 Å². The van der Waals surface area contributed by atoms with Crippen molar-refractivity contribution in [2.75, 3.05) is 0 Å². The summed E-state index contributed by atoms with van der Waals surface area (Å²) in [6.07, 6.45) is 0.898. The molecule has 70 valence electrons. The summed E-state index contributed by atoms with van der Waals surface area (Å²) >= 11 is 0. The van der Waals surface area contributed by atoms with Crippen LogP contribution >= 0.6 is 0 Å². The first kappa shape index (κ1) is 9.97. The zero-order valence-electron chi connectivity index (χ0n) is 8.72. The van der Waals surface area contributed by atoms with E-state index in [1.54, 1.807) is 0 Å². The van der Waals surface area contributed by atoms with Crippen LogP contribution in [0.1, 0.15) is 42.3 Å². The van der Waals surface area contributed by atoms with Crippen LogP contribution in [0.25, 0.3) is 0 Å². The van der Waals surface area contributed by atoms with Crippen molar-refractivity contribution in [1.29, 1.82) is 0 Å². The molecule has 0 aliphatic heterocycles. The number of rotatable bonds is 1. The molecule has 0 unspecified atom stereocenters. The van der Waals surface area contributed by atoms with Crippen LogP contribution in [0.2, 0.25) is 0 Å². The van der Waals surface area contributed by atoms with Gasteiger partial charge in [-0.25, -0.2) is 0 Å². The Bertz CT molecular complexity index is 318. The monoisotopic (exact) mass is 176 g/mol. The predicted octanol–water partition coefficient (Wildman–Crippen LogP) is 3.11. The van der Waals surface area contributed by atoms with E-state index >= 15 is 0 Å². The first-order valence-electron chi connectivity index (χ1n) is 4.51. The maximum atomic E-state index is 10.6. The van der Waals surface area contributed by atoms with Crippen LogP contribution < -0.4 is 0 Å². The van der Waals surface area contributed by atoms with Crippen molar-refractivity contribution in [2.24, 2.45) is 0 Å². The average molecular weight is 176 g/mol. The largest absolute Gasteiger partial charge is 0.298 e. The second kappa shape index (κ2) is 3.33. The van der Waals surface area contributed by atoms with Crippen molar-refractivity contribution in [2.45, 2.75) is 33.1 Å². The van der Waals surface area contributed by atoms with Crippen molar-refractivity contribution >= 4 is 6.29 Å². The highest BCUT2D eigenvalue weighted by Gasteiger charge is 2.16. The Morgan fingerprint density at radius 3 is 2.31 bits per heavy atom. The maximum Gasteiger partial charge on any atom is 0.150 e. The molecule has 0 saturated carbocycles. The summed E-state index contributed by atoms with van der Waals surface area (Å²) in [6.45, 7) is 8.55. The second-order valence-electron chi connectivity index (χ2n) is 4.44. The summed E-state index contributed by atoms with van der Waals surface area (Å²) in [5, 5.41) is 0. The number of benzene rings is 1. The third-order valence-electron chi connectivity index (χ3n) is 2.21. The highest BCUT2D eigenvalue weighted by atomic mass is 16.1. The minimum Gasteiger partial charge on any atom is -0.298 e. The van der Waals surface area contributed by atoms with Gasteiger partial charge in [-0.1, -0.05) is 32.9 Å². The Labute approximate surface area is 79.8 Å². The molecule has 1 aromatic carbocycles. The summed E-state index contributed by atoms with van der Waals surface area (Å²) in [7, 11) is 0. The molecule has 0 bridgehead atoms. The van der Waals surface area contributed by atoms with Gasteiger partial charge >= 0.3 is 0 Å². The molecule has 0 fully saturated rings. The fourth-order valence-corrected chi connectivity index (χ4v) is 1.52. The molecule has 13 heavy (non-hydrogen) atoms. The van der Waals surface area contributed by atoms with Gasteiger partial charge in [-0.05, 0) is 29.5 Å². The molecule has 0 aromatic heterocycles. The van der Waals surface area contributed by atoms with E-state index in [0.29, 0.717) is 0 Å². The van der Waals surface area contributed by atoms with E-state index < -0.39 is 0 Å². The van der Waals surface area contributed by atoms with Gasteiger partial charge in [0, 0.05) is 5.56 Å². The SMILES string of the molecule is Cc1ccc(C=O)cc1C(C)(C)C. The lowest BCUT2D eigenvalue weighted by molar-refractivity contribution is 0.112. The standard InChI is InChI=1S/C12H16O/c1-9-5-6-10(8-13)7-11(9)12(2,3)4/h5-8H,1-4H3. The second-order valence-corrected chi connectivity index (χ2v) is 4.44. The number of carbonyl (C=O) groups is 1. The Balaban J connectivity index is 3.27. The molecule has 0 saturated heterocycles. The van der Waals surface area contributed by atoms with E-state index in [9.17, 15) is 4.79 Å². The zero-order chi connectivity index (χ0) is 10.1. The molecule has 1 aromatic rings. The van der Waals surface area contributed by atoms with Gasteiger partial charge < -0.3 is 0 Å². The fourth-order valence-electron chi connectivity index (χ4n) is 1.52. The number of hydrogen-bond acceptors (Lipinski definition) is 1. The van der Waals surface area contributed by atoms with E-state index in [-0.39, 0.29) is 5.41 Å². The third kappa shape index (κ3) is 2.18. The van der Waals surface area contributed by atoms with Crippen LogP contribution in [-0.4, -0.2) is 6.29 Å². The maximum absolute atomic E-state index is 10.6. The molecule has 0 aliphatic carbocycles. The summed E-state index contributed by atoms with van der Waals surface area (Å²) in [5.74, 6) is 0. The van der Waals surface area contributed by atoms with Crippen LogP contribution in [0.4, 0.5) is 0 Å². The van der Waals surface area contributed by atoms with E-state index in [4.69, 9.17) is 0 Å². The first-order chi connectivity index (χ1) is 5.95. The fraction of sp³-hybridized carbons (Fsp3) is 0.417. The minimum atomic E-state index is 0.114. The Morgan fingerprint density at radius 2 is 1.85 bits per heavy atom. The molecule has 0 radical (unpaired) electrons. The van der Waals surface area contributed by atoms with Crippen molar-refractivity contribution in [3.05, 3.63) is 34.9 Å². The normalized spacial score (nSPS) is 11.4. The van der Waals surface area contributed by atoms with Crippen molar-refractivity contribution in [1.82, 2.24) is 0 Å². The van der Waals surface area contributed by atoms with Gasteiger partial charge in [-0.2, -0.15) is 0 Å². The molecular formula is C12H16O. The Kier molecular flexibility index (Phi) is 2.55. The van der Waals surface area contributed by atoms with Crippen LogP contribution in [0.15, 0.2) is 18.2 Å². The lowest BCUT2D eigenvalue weighted by atomic mass is 9.83. The number of carbonyl (C=O) groups excluding carboxylic acids is 1. The van der Waals surface area contributed by atoms with E-state index in [0.717, 1.165) is 11.8 Å². The van der Waals surface area contributed by atoms with Gasteiger partial charge in [0.05, 0.1) is 0 Å². The van der Waals surface area contributed by atoms with Crippen LogP contribution in [0, 0.1) is 6.92 Å². The predicted molar refractivity (Wildman–Crippen MR) is 55.3 cm³/mol. The highest BCUT2D eigenvalue weighted by molar-refractivity contribution is 5.75. The molecule has 0 heterocycles. The summed E-state index contributed by atoms with van der Waals surface area (Å²) in [6, 6.07) is 5.84. The Hall–Kier alpha value is -1.11. The molecule has 1 nitrogen and oxygen atoms in total. The zero-order valence-corrected chi connectivity index (χ0v) is 8.72. The summed E-state index contributed by atoms with van der Waals surface area (Å²) in [4.78, 5) is 10.6. The summed E-state index contributed by atoms with van der Waals surface area (Å²) in [5.41, 5.74) is 3.37. The van der Waals surface area contributed by atoms with Crippen molar-refractivity contribution < 1.29 is 4.79 Å². The number of aryl methyl sites for hydroxylation is 1. The molecule has 1 heteroatoms. The minimum absolute atomic E-state index is 0.114. The lowest BCUT2D eigenvalue weighted by Crippen LogP contribution is -2.13. The molecular weight excluding hydrogens is 160 g/mol. The molecule has 1 rings (SSSR count). The highest BCUT2D eigenvalue weighted by Crippen LogP contribution is 2.25. The first-order valence-corrected chi connectivity index (χ1v) is 4.51. The molecule has 0 spiro atoms. The van der Waals surface area contributed by atoms with Gasteiger partial charge in [-0.15, -0.1) is 0 Å². The smallest absolute Gasteiger partial charge is 0.150 e. The van der Waals surface area contributed by atoms with E-state index in [2.05, 4.69) is 27.7 Å². The molecule has 0 amide bonds. The van der Waals surface area contributed by atoms with Gasteiger partial charge in [0.2, 0.25) is 0 Å². The quantitative estimate of drug-likeness (QED) is 0.601. The van der Waals surface area contributed by atoms with Crippen LogP contribution in [0.3, 0.4) is 0 Å². The lowest BCUT2D eigenvalue weighted by Gasteiger charge is -2.21. The Morgan fingerprint density at radius 1 is 1.23 bits per heavy atom. The summed E-state index contributed by atoms with van der Waals surface area (Å²) < 4.78 is 0. The number of aldehydes is 1. The van der Waals surface area contributed by atoms with Gasteiger partial charge in [0.15, 0.2) is 0 Å².